The van der Waals surface area contributed by atoms with Crippen LogP contribution in [0.1, 0.15) is 124 Å². The summed E-state index contributed by atoms with van der Waals surface area (Å²) in [4.78, 5) is 5.37. The summed E-state index contributed by atoms with van der Waals surface area (Å²) in [5.41, 5.74) is 19.1. The number of rotatable bonds is 7. The number of anilines is 2. The van der Waals surface area contributed by atoms with E-state index in [9.17, 15) is 0 Å². The summed E-state index contributed by atoms with van der Waals surface area (Å²) in [6.45, 7) is 0. The van der Waals surface area contributed by atoms with Crippen LogP contribution in [0.2, 0.25) is 0 Å². The van der Waals surface area contributed by atoms with E-state index in [-0.39, 0.29) is 5.41 Å². The van der Waals surface area contributed by atoms with Crippen molar-refractivity contribution >= 4 is 16.9 Å². The van der Waals surface area contributed by atoms with Crippen LogP contribution in [0.5, 0.6) is 0 Å². The van der Waals surface area contributed by atoms with E-state index in [1.807, 2.05) is 0 Å². The van der Waals surface area contributed by atoms with Crippen LogP contribution >= 0.6 is 0 Å². The molecule has 0 saturated heterocycles. The van der Waals surface area contributed by atoms with Gasteiger partial charge in [0.05, 0.1) is 17.5 Å². The van der Waals surface area contributed by atoms with E-state index in [4.69, 9.17) is 0 Å². The number of fused-ring (bicyclic) bond motifs is 6. The van der Waals surface area contributed by atoms with Crippen molar-refractivity contribution in [1.29, 1.82) is 0 Å². The van der Waals surface area contributed by atoms with Gasteiger partial charge in [-0.3, -0.25) is 0 Å². The fraction of sp³-hybridized carbons (Fsp3) is 0.345. The van der Waals surface area contributed by atoms with Gasteiger partial charge in [-0.05, 0) is 172 Å². The molecule has 0 spiro atoms. The number of nitrogens with zero attached hydrogens (tertiary/aromatic N) is 2. The van der Waals surface area contributed by atoms with Crippen LogP contribution in [0.25, 0.3) is 16.7 Å². The van der Waals surface area contributed by atoms with Crippen LogP contribution in [-0.4, -0.2) is 12.1 Å². The smallest absolute Gasteiger partial charge is 0.0634 e. The SMILES string of the molecule is C1=CCCC(N(C2=CC=C(c3ccc4c(c3)[C@H]3CCC=CC3N4C3C=CC=CC3)CC2)c2ccc3c(c2)C(C2=CCCCC2)(C2=CCCCC2)c2ccccc2-3)=C1. The van der Waals surface area contributed by atoms with E-state index in [1.165, 1.54) is 120 Å². The molecule has 1 heterocycles. The van der Waals surface area contributed by atoms with E-state index in [2.05, 4.69) is 149 Å². The van der Waals surface area contributed by atoms with Gasteiger partial charge in [-0.15, -0.1) is 0 Å². The van der Waals surface area contributed by atoms with Gasteiger partial charge >= 0.3 is 0 Å². The van der Waals surface area contributed by atoms with Crippen molar-refractivity contribution in [3.63, 3.8) is 0 Å². The molecule has 2 nitrogen and oxygen atoms in total. The van der Waals surface area contributed by atoms with Crippen LogP contribution in [0.15, 0.2) is 162 Å². The molecule has 57 heavy (non-hydrogen) atoms. The van der Waals surface area contributed by atoms with Crippen LogP contribution < -0.4 is 9.80 Å². The summed E-state index contributed by atoms with van der Waals surface area (Å²) in [6.07, 6.45) is 49.0. The lowest BCUT2D eigenvalue weighted by Gasteiger charge is -2.41. The molecule has 0 aromatic heterocycles. The molecule has 0 radical (unpaired) electrons. The van der Waals surface area contributed by atoms with Gasteiger partial charge in [0.2, 0.25) is 0 Å². The quantitative estimate of drug-likeness (QED) is 0.222. The fourth-order valence-electron chi connectivity index (χ4n) is 12.1. The maximum absolute atomic E-state index is 2.72. The first-order chi connectivity index (χ1) is 28.3. The lowest BCUT2D eigenvalue weighted by Crippen LogP contribution is -2.41. The molecule has 0 saturated carbocycles. The Hall–Kier alpha value is -5.08. The maximum atomic E-state index is 2.72. The molecule has 0 bridgehead atoms. The second-order valence-electron chi connectivity index (χ2n) is 17.7. The summed E-state index contributed by atoms with van der Waals surface area (Å²) in [5.74, 6) is 0.577. The minimum atomic E-state index is -0.149. The highest BCUT2D eigenvalue weighted by atomic mass is 15.2. The third-order valence-corrected chi connectivity index (χ3v) is 14.6. The second kappa shape index (κ2) is 14.7. The Morgan fingerprint density at radius 2 is 1.46 bits per heavy atom. The van der Waals surface area contributed by atoms with Crippen molar-refractivity contribution in [2.75, 3.05) is 9.80 Å². The van der Waals surface area contributed by atoms with Gasteiger partial charge in [0, 0.05) is 28.7 Å². The van der Waals surface area contributed by atoms with Gasteiger partial charge in [0.25, 0.3) is 0 Å². The van der Waals surface area contributed by atoms with E-state index in [1.54, 1.807) is 16.7 Å². The molecule has 2 unspecified atom stereocenters. The molecule has 11 rings (SSSR count). The Morgan fingerprint density at radius 1 is 0.614 bits per heavy atom. The van der Waals surface area contributed by atoms with Crippen LogP contribution in [0.4, 0.5) is 11.4 Å². The van der Waals surface area contributed by atoms with Crippen molar-refractivity contribution in [3.8, 4) is 11.1 Å². The highest BCUT2D eigenvalue weighted by Crippen LogP contribution is 2.60. The first-order valence-corrected chi connectivity index (χ1v) is 22.4. The topological polar surface area (TPSA) is 6.48 Å². The van der Waals surface area contributed by atoms with Crippen molar-refractivity contribution in [2.24, 2.45) is 0 Å². The van der Waals surface area contributed by atoms with Gasteiger partial charge in [0.15, 0.2) is 0 Å². The molecule has 2 heteroatoms. The average Bonchev–Trinajstić information content (AvgIpc) is 3.78. The fourth-order valence-corrected chi connectivity index (χ4v) is 12.1. The van der Waals surface area contributed by atoms with Gasteiger partial charge < -0.3 is 9.80 Å². The van der Waals surface area contributed by atoms with Crippen molar-refractivity contribution in [2.45, 2.75) is 120 Å². The minimum Gasteiger partial charge on any atom is -0.357 e. The summed E-state index contributed by atoms with van der Waals surface area (Å²) in [7, 11) is 0. The molecular formula is C55H56N2. The minimum absolute atomic E-state index is 0.149. The largest absolute Gasteiger partial charge is 0.357 e. The van der Waals surface area contributed by atoms with E-state index >= 15 is 0 Å². The van der Waals surface area contributed by atoms with Crippen LogP contribution in [0, 0.1) is 0 Å². The molecule has 286 valence electrons. The molecule has 0 amide bonds. The molecule has 0 fully saturated rings. The van der Waals surface area contributed by atoms with Crippen molar-refractivity contribution in [3.05, 3.63) is 184 Å². The highest BCUT2D eigenvalue weighted by Gasteiger charge is 2.49. The zero-order valence-electron chi connectivity index (χ0n) is 33.5. The summed E-state index contributed by atoms with van der Waals surface area (Å²) < 4.78 is 0. The average molecular weight is 745 g/mol. The number of hydrogen-bond acceptors (Lipinski definition) is 2. The van der Waals surface area contributed by atoms with Crippen molar-refractivity contribution < 1.29 is 0 Å². The predicted octanol–water partition coefficient (Wildman–Crippen LogP) is 14.3. The van der Waals surface area contributed by atoms with Crippen molar-refractivity contribution in [1.82, 2.24) is 0 Å². The zero-order valence-corrected chi connectivity index (χ0v) is 33.5. The molecule has 1 aliphatic heterocycles. The van der Waals surface area contributed by atoms with E-state index in [0.29, 0.717) is 18.0 Å². The Labute approximate surface area is 340 Å². The highest BCUT2D eigenvalue weighted by molar-refractivity contribution is 5.88. The Balaban J connectivity index is 0.992. The lowest BCUT2D eigenvalue weighted by atomic mass is 9.62. The van der Waals surface area contributed by atoms with E-state index in [0.717, 1.165) is 32.1 Å². The van der Waals surface area contributed by atoms with Crippen LogP contribution in [0.3, 0.4) is 0 Å². The van der Waals surface area contributed by atoms with Crippen LogP contribution in [-0.2, 0) is 5.41 Å². The Morgan fingerprint density at radius 3 is 2.21 bits per heavy atom. The second-order valence-corrected chi connectivity index (χ2v) is 17.7. The molecule has 7 aliphatic carbocycles. The third kappa shape index (κ3) is 5.80. The first kappa shape index (κ1) is 35.1. The molecule has 0 N–H and O–H groups in total. The molecule has 8 aliphatic rings. The van der Waals surface area contributed by atoms with Gasteiger partial charge in [-0.25, -0.2) is 0 Å². The third-order valence-electron chi connectivity index (χ3n) is 14.6. The Bertz CT molecular complexity index is 2360. The standard InChI is InChI=1S/C55H56N2/c1-5-17-41(18-6-1)55(42-19-7-2-8-20-42)51-27-15-13-25-47(51)48-35-34-46(38-52(48)55)56(43-21-9-3-10-22-43)45-32-29-39(30-33-45)40-31-36-54-50(37-40)49-26-14-16-28-53(49)57(54)44-23-11-4-12-24-44/h3-4,9,11-13,15-17,19,21,23,25,27-29,31-32,34-38,44,49,53H,1-2,5-8,10,14,18,20,22,24,26,30,33H2/t44?,49-,53?/m1/s1. The first-order valence-electron chi connectivity index (χ1n) is 22.4. The predicted molar refractivity (Wildman–Crippen MR) is 240 cm³/mol. The van der Waals surface area contributed by atoms with Gasteiger partial charge in [0.1, 0.15) is 0 Å². The maximum Gasteiger partial charge on any atom is 0.0634 e. The van der Waals surface area contributed by atoms with Gasteiger partial charge in [-0.1, -0.05) is 114 Å². The molecular weight excluding hydrogens is 689 g/mol. The number of allylic oxidation sites excluding steroid dienone is 15. The zero-order chi connectivity index (χ0) is 37.8. The number of hydrogen-bond donors (Lipinski definition) is 0. The molecule has 3 atom stereocenters. The monoisotopic (exact) mass is 744 g/mol. The van der Waals surface area contributed by atoms with E-state index < -0.39 is 0 Å². The summed E-state index contributed by atoms with van der Waals surface area (Å²) in [6, 6.07) is 25.3. The molecule has 3 aromatic carbocycles. The summed E-state index contributed by atoms with van der Waals surface area (Å²) in [5, 5.41) is 0. The number of benzene rings is 3. The summed E-state index contributed by atoms with van der Waals surface area (Å²) >= 11 is 0. The molecule has 3 aromatic rings. The van der Waals surface area contributed by atoms with Gasteiger partial charge in [-0.2, -0.15) is 0 Å². The lowest BCUT2D eigenvalue weighted by molar-refractivity contribution is 0.523. The Kier molecular flexibility index (Phi) is 9.05. The normalized spacial score (nSPS) is 25.4.